The maximum Gasteiger partial charge on any atom is 0.271 e. The van der Waals surface area contributed by atoms with Gasteiger partial charge in [-0.05, 0) is 43.9 Å². The molecule has 1 aromatic heterocycles. The molecule has 1 fully saturated rings. The molecule has 2 heterocycles. The number of carbonyl (C=O) groups is 1. The Labute approximate surface area is 148 Å². The van der Waals surface area contributed by atoms with Gasteiger partial charge in [0.2, 0.25) is 0 Å². The number of hydrogen-bond acceptors (Lipinski definition) is 4. The molecular formula is C19H25N3O3. The molecule has 6 heteroatoms. The fourth-order valence-corrected chi connectivity index (χ4v) is 3.04. The van der Waals surface area contributed by atoms with Gasteiger partial charge < -0.3 is 14.4 Å². The molecule has 1 amide bonds. The average Bonchev–Trinajstić information content (AvgIpc) is 3.16. The topological polar surface area (TPSA) is 67.4 Å². The molecule has 1 N–H and O–H groups in total. The summed E-state index contributed by atoms with van der Waals surface area (Å²) in [6.07, 6.45) is 4.60. The molecule has 0 aliphatic carbocycles. The summed E-state index contributed by atoms with van der Waals surface area (Å²) in [6, 6.07) is 9.40. The lowest BCUT2D eigenvalue weighted by molar-refractivity contribution is 0.00705. The highest BCUT2D eigenvalue weighted by molar-refractivity contribution is 5.93. The van der Waals surface area contributed by atoms with Crippen LogP contribution in [0.3, 0.4) is 0 Å². The van der Waals surface area contributed by atoms with E-state index in [1.54, 1.807) is 18.1 Å². The van der Waals surface area contributed by atoms with E-state index in [-0.39, 0.29) is 12.0 Å². The second kappa shape index (κ2) is 8.16. The van der Waals surface area contributed by atoms with Crippen molar-refractivity contribution >= 4 is 5.91 Å². The first kappa shape index (κ1) is 17.5. The summed E-state index contributed by atoms with van der Waals surface area (Å²) in [4.78, 5) is 14.3. The Balaban J connectivity index is 1.61. The molecule has 0 unspecified atom stereocenters. The van der Waals surface area contributed by atoms with Crippen LogP contribution in [0.2, 0.25) is 0 Å². The van der Waals surface area contributed by atoms with Crippen LogP contribution in [-0.4, -0.2) is 54.4 Å². The zero-order valence-corrected chi connectivity index (χ0v) is 14.8. The number of benzene rings is 1. The van der Waals surface area contributed by atoms with Crippen molar-refractivity contribution in [2.45, 2.75) is 31.8 Å². The van der Waals surface area contributed by atoms with Crippen molar-refractivity contribution < 1.29 is 14.3 Å². The van der Waals surface area contributed by atoms with Gasteiger partial charge in [0, 0.05) is 25.8 Å². The SMILES string of the molecule is COc1cccc(-c2cc(C(=O)N(C)CC[C@H]3CCCCO3)[nH]n2)c1. The number of amides is 1. The van der Waals surface area contributed by atoms with Crippen LogP contribution < -0.4 is 4.74 Å². The second-order valence-electron chi connectivity index (χ2n) is 6.40. The van der Waals surface area contributed by atoms with Crippen LogP contribution in [0.4, 0.5) is 0 Å². The number of aromatic nitrogens is 2. The second-order valence-corrected chi connectivity index (χ2v) is 6.40. The highest BCUT2D eigenvalue weighted by Gasteiger charge is 2.19. The Hall–Kier alpha value is -2.34. The molecule has 3 rings (SSSR count). The molecule has 0 saturated carbocycles. The lowest BCUT2D eigenvalue weighted by atomic mass is 10.1. The van der Waals surface area contributed by atoms with Crippen LogP contribution in [-0.2, 0) is 4.74 Å². The van der Waals surface area contributed by atoms with Crippen LogP contribution in [0.15, 0.2) is 30.3 Å². The van der Waals surface area contributed by atoms with Gasteiger partial charge >= 0.3 is 0 Å². The highest BCUT2D eigenvalue weighted by Crippen LogP contribution is 2.23. The predicted molar refractivity (Wildman–Crippen MR) is 95.7 cm³/mol. The Morgan fingerprint density at radius 1 is 1.40 bits per heavy atom. The number of methoxy groups -OCH3 is 1. The van der Waals surface area contributed by atoms with Crippen molar-refractivity contribution in [1.29, 1.82) is 0 Å². The van der Waals surface area contributed by atoms with E-state index in [0.29, 0.717) is 12.2 Å². The monoisotopic (exact) mass is 343 g/mol. The number of carbonyl (C=O) groups excluding carboxylic acids is 1. The molecule has 2 aromatic rings. The largest absolute Gasteiger partial charge is 0.497 e. The van der Waals surface area contributed by atoms with Crippen LogP contribution >= 0.6 is 0 Å². The summed E-state index contributed by atoms with van der Waals surface area (Å²) in [5.74, 6) is 0.704. The molecule has 1 aromatic carbocycles. The van der Waals surface area contributed by atoms with E-state index in [1.165, 1.54) is 6.42 Å². The van der Waals surface area contributed by atoms with Gasteiger partial charge in [-0.25, -0.2) is 0 Å². The van der Waals surface area contributed by atoms with Crippen LogP contribution in [0, 0.1) is 0 Å². The lowest BCUT2D eigenvalue weighted by Crippen LogP contribution is -2.31. The summed E-state index contributed by atoms with van der Waals surface area (Å²) < 4.78 is 11.0. The first-order valence-electron chi connectivity index (χ1n) is 8.74. The maximum atomic E-state index is 12.6. The molecule has 6 nitrogen and oxygen atoms in total. The first-order valence-corrected chi connectivity index (χ1v) is 8.74. The molecule has 1 atom stereocenters. The number of aromatic amines is 1. The Morgan fingerprint density at radius 3 is 3.04 bits per heavy atom. The third-order valence-electron chi connectivity index (χ3n) is 4.58. The number of H-pyrrole nitrogens is 1. The van der Waals surface area contributed by atoms with E-state index in [1.807, 2.05) is 31.3 Å². The van der Waals surface area contributed by atoms with E-state index in [4.69, 9.17) is 9.47 Å². The number of rotatable bonds is 6. The minimum atomic E-state index is -0.0579. The van der Waals surface area contributed by atoms with Crippen LogP contribution in [0.1, 0.15) is 36.2 Å². The van der Waals surface area contributed by atoms with Crippen molar-refractivity contribution in [2.24, 2.45) is 0 Å². The molecule has 1 aliphatic heterocycles. The lowest BCUT2D eigenvalue weighted by Gasteiger charge is -2.25. The normalized spacial score (nSPS) is 17.3. The maximum absolute atomic E-state index is 12.6. The standard InChI is InChI=1S/C19H25N3O3/c1-22(10-9-15-7-3-4-11-25-15)19(23)18-13-17(20-21-18)14-6-5-8-16(12-14)24-2/h5-6,8,12-13,15H,3-4,7,9-11H2,1-2H3,(H,20,21)/t15-/m1/s1. The Morgan fingerprint density at radius 2 is 2.28 bits per heavy atom. The molecule has 0 radical (unpaired) electrons. The highest BCUT2D eigenvalue weighted by atomic mass is 16.5. The minimum Gasteiger partial charge on any atom is -0.497 e. The Kier molecular flexibility index (Phi) is 5.71. The van der Waals surface area contributed by atoms with Gasteiger partial charge in [0.15, 0.2) is 0 Å². The minimum absolute atomic E-state index is 0.0579. The van der Waals surface area contributed by atoms with Gasteiger partial charge in [0.1, 0.15) is 11.4 Å². The molecule has 0 spiro atoms. The molecule has 1 saturated heterocycles. The first-order chi connectivity index (χ1) is 12.2. The molecule has 1 aliphatic rings. The van der Waals surface area contributed by atoms with Gasteiger partial charge in [0.05, 0.1) is 18.9 Å². The van der Waals surface area contributed by atoms with Crippen molar-refractivity contribution in [2.75, 3.05) is 27.3 Å². The molecule has 134 valence electrons. The van der Waals surface area contributed by atoms with E-state index in [2.05, 4.69) is 10.2 Å². The van der Waals surface area contributed by atoms with Gasteiger partial charge in [-0.3, -0.25) is 9.89 Å². The fourth-order valence-electron chi connectivity index (χ4n) is 3.04. The quantitative estimate of drug-likeness (QED) is 0.875. The van der Waals surface area contributed by atoms with Gasteiger partial charge in [-0.1, -0.05) is 12.1 Å². The van der Waals surface area contributed by atoms with E-state index in [0.717, 1.165) is 42.9 Å². The molecule has 25 heavy (non-hydrogen) atoms. The van der Waals surface area contributed by atoms with E-state index < -0.39 is 0 Å². The van der Waals surface area contributed by atoms with Crippen molar-refractivity contribution in [3.05, 3.63) is 36.0 Å². The summed E-state index contributed by atoms with van der Waals surface area (Å²) in [6.45, 7) is 1.52. The zero-order chi connectivity index (χ0) is 17.6. The molecule has 0 bridgehead atoms. The van der Waals surface area contributed by atoms with Crippen LogP contribution in [0.5, 0.6) is 5.75 Å². The van der Waals surface area contributed by atoms with Gasteiger partial charge in [-0.15, -0.1) is 0 Å². The van der Waals surface area contributed by atoms with Crippen molar-refractivity contribution in [3.8, 4) is 17.0 Å². The summed E-state index contributed by atoms with van der Waals surface area (Å²) in [5, 5.41) is 7.11. The molecular weight excluding hydrogens is 318 g/mol. The summed E-state index contributed by atoms with van der Waals surface area (Å²) >= 11 is 0. The third kappa shape index (κ3) is 4.39. The predicted octanol–water partition coefficient (Wildman–Crippen LogP) is 3.12. The number of nitrogens with one attached hydrogen (secondary N) is 1. The Bertz CT molecular complexity index is 707. The van der Waals surface area contributed by atoms with E-state index >= 15 is 0 Å². The van der Waals surface area contributed by atoms with Crippen molar-refractivity contribution in [1.82, 2.24) is 15.1 Å². The fraction of sp³-hybridized carbons (Fsp3) is 0.474. The number of ether oxygens (including phenoxy) is 2. The smallest absolute Gasteiger partial charge is 0.271 e. The zero-order valence-electron chi connectivity index (χ0n) is 14.8. The van der Waals surface area contributed by atoms with Gasteiger partial charge in [-0.2, -0.15) is 5.10 Å². The number of hydrogen-bond donors (Lipinski definition) is 1. The number of nitrogens with zero attached hydrogens (tertiary/aromatic N) is 2. The van der Waals surface area contributed by atoms with E-state index in [9.17, 15) is 4.79 Å². The average molecular weight is 343 g/mol. The van der Waals surface area contributed by atoms with Crippen molar-refractivity contribution in [3.63, 3.8) is 0 Å². The van der Waals surface area contributed by atoms with Crippen LogP contribution in [0.25, 0.3) is 11.3 Å². The summed E-state index contributed by atoms with van der Waals surface area (Å²) in [7, 11) is 3.45. The third-order valence-corrected chi connectivity index (χ3v) is 4.58. The summed E-state index contributed by atoms with van der Waals surface area (Å²) in [5.41, 5.74) is 2.13. The van der Waals surface area contributed by atoms with Gasteiger partial charge in [0.25, 0.3) is 5.91 Å².